The minimum Gasteiger partial charge on any atom is -0.454 e. The zero-order valence-corrected chi connectivity index (χ0v) is 17.8. The highest BCUT2D eigenvalue weighted by atomic mass is 16.7. The summed E-state index contributed by atoms with van der Waals surface area (Å²) in [6, 6.07) is 5.53. The molecule has 1 unspecified atom stereocenters. The monoisotopic (exact) mass is 437 g/mol. The fraction of sp³-hybridized carbons (Fsp3) is 0.364. The van der Waals surface area contributed by atoms with Crippen molar-refractivity contribution in [2.24, 2.45) is 14.1 Å². The van der Waals surface area contributed by atoms with Gasteiger partial charge in [-0.25, -0.2) is 9.78 Å². The Hall–Kier alpha value is -3.82. The number of nitrogens with zero attached hydrogens (tertiary/aromatic N) is 4. The Labute approximate surface area is 182 Å². The van der Waals surface area contributed by atoms with E-state index in [-0.39, 0.29) is 18.6 Å². The second-order valence-electron chi connectivity index (χ2n) is 8.10. The smallest absolute Gasteiger partial charge is 0.332 e. The Balaban J connectivity index is 1.35. The SMILES string of the molecule is Cn1c(=O)c2[nH]c(C3CCCN(C(=O)/C=C/c4ccc5c(c4)OCO5)C3)nc2n(C)c1=O. The number of aromatic nitrogens is 4. The van der Waals surface area contributed by atoms with Crippen molar-refractivity contribution < 1.29 is 14.3 Å². The summed E-state index contributed by atoms with van der Waals surface area (Å²) >= 11 is 0. The van der Waals surface area contributed by atoms with Gasteiger partial charge in [-0.3, -0.25) is 18.7 Å². The Kier molecular flexibility index (Phi) is 4.84. The molecule has 10 heteroatoms. The van der Waals surface area contributed by atoms with Crippen LogP contribution in [0.5, 0.6) is 11.5 Å². The first kappa shape index (κ1) is 20.1. The number of hydrogen-bond donors (Lipinski definition) is 1. The van der Waals surface area contributed by atoms with Crippen LogP contribution < -0.4 is 20.7 Å². The van der Waals surface area contributed by atoms with Gasteiger partial charge < -0.3 is 19.4 Å². The number of hydrogen-bond acceptors (Lipinski definition) is 6. The van der Waals surface area contributed by atoms with E-state index in [2.05, 4.69) is 9.97 Å². The quantitative estimate of drug-likeness (QED) is 0.615. The van der Waals surface area contributed by atoms with Gasteiger partial charge >= 0.3 is 5.69 Å². The molecule has 166 valence electrons. The molecule has 5 rings (SSSR count). The van der Waals surface area contributed by atoms with Crippen LogP contribution in [0.1, 0.15) is 30.1 Å². The second-order valence-corrected chi connectivity index (χ2v) is 8.10. The number of likely N-dealkylation sites (tertiary alicyclic amines) is 1. The average molecular weight is 437 g/mol. The number of aromatic amines is 1. The molecule has 2 aromatic heterocycles. The summed E-state index contributed by atoms with van der Waals surface area (Å²) in [7, 11) is 3.03. The van der Waals surface area contributed by atoms with Gasteiger partial charge in [0.2, 0.25) is 12.7 Å². The van der Waals surface area contributed by atoms with Gasteiger partial charge in [-0.2, -0.15) is 0 Å². The zero-order valence-electron chi connectivity index (χ0n) is 17.8. The molecule has 0 bridgehead atoms. The van der Waals surface area contributed by atoms with Crippen molar-refractivity contribution in [3.8, 4) is 11.5 Å². The third kappa shape index (κ3) is 3.37. The summed E-state index contributed by atoms with van der Waals surface area (Å²) in [6.07, 6.45) is 4.97. The van der Waals surface area contributed by atoms with Crippen molar-refractivity contribution in [3.63, 3.8) is 0 Å². The molecule has 0 radical (unpaired) electrons. The van der Waals surface area contributed by atoms with E-state index in [1.807, 2.05) is 18.2 Å². The van der Waals surface area contributed by atoms with Gasteiger partial charge in [0.05, 0.1) is 0 Å². The van der Waals surface area contributed by atoms with Crippen molar-refractivity contribution in [1.29, 1.82) is 0 Å². The predicted octanol–water partition coefficient (Wildman–Crippen LogP) is 1.11. The van der Waals surface area contributed by atoms with E-state index in [4.69, 9.17) is 9.47 Å². The number of H-pyrrole nitrogens is 1. The van der Waals surface area contributed by atoms with E-state index in [9.17, 15) is 14.4 Å². The van der Waals surface area contributed by atoms with Crippen LogP contribution in [0.15, 0.2) is 33.9 Å². The normalized spacial score (nSPS) is 18.1. The number of imidazole rings is 1. The number of nitrogens with one attached hydrogen (secondary N) is 1. The molecule has 1 amide bonds. The molecule has 32 heavy (non-hydrogen) atoms. The van der Waals surface area contributed by atoms with Crippen LogP contribution in [0.25, 0.3) is 17.2 Å². The Bertz CT molecular complexity index is 1370. The molecule has 1 atom stereocenters. The largest absolute Gasteiger partial charge is 0.454 e. The van der Waals surface area contributed by atoms with E-state index in [1.165, 1.54) is 11.6 Å². The first-order valence-corrected chi connectivity index (χ1v) is 10.4. The summed E-state index contributed by atoms with van der Waals surface area (Å²) < 4.78 is 13.1. The van der Waals surface area contributed by atoms with Gasteiger partial charge in [-0.05, 0) is 36.6 Å². The predicted molar refractivity (Wildman–Crippen MR) is 117 cm³/mol. The maximum absolute atomic E-state index is 12.8. The molecule has 2 aliphatic heterocycles. The van der Waals surface area contributed by atoms with Crippen LogP contribution >= 0.6 is 0 Å². The minimum atomic E-state index is -0.422. The molecular weight excluding hydrogens is 414 g/mol. The molecular formula is C22H23N5O5. The van der Waals surface area contributed by atoms with Crippen LogP contribution in [-0.2, 0) is 18.9 Å². The molecule has 10 nitrogen and oxygen atoms in total. The van der Waals surface area contributed by atoms with Crippen molar-refractivity contribution in [2.75, 3.05) is 19.9 Å². The summed E-state index contributed by atoms with van der Waals surface area (Å²) in [4.78, 5) is 46.8. The molecule has 1 saturated heterocycles. The zero-order chi connectivity index (χ0) is 22.4. The first-order valence-electron chi connectivity index (χ1n) is 10.4. The van der Waals surface area contributed by atoms with Crippen LogP contribution in [0.3, 0.4) is 0 Å². The molecule has 0 aliphatic carbocycles. The highest BCUT2D eigenvalue weighted by Crippen LogP contribution is 2.33. The summed E-state index contributed by atoms with van der Waals surface area (Å²) in [5, 5.41) is 0. The van der Waals surface area contributed by atoms with E-state index in [0.29, 0.717) is 41.6 Å². The van der Waals surface area contributed by atoms with Gasteiger partial charge in [-0.1, -0.05) is 6.07 Å². The van der Waals surface area contributed by atoms with Gasteiger partial charge in [0, 0.05) is 39.2 Å². The lowest BCUT2D eigenvalue weighted by Gasteiger charge is -2.31. The molecule has 3 aromatic rings. The van der Waals surface area contributed by atoms with Crippen LogP contribution in [0, 0.1) is 0 Å². The number of fused-ring (bicyclic) bond motifs is 2. The lowest BCUT2D eigenvalue weighted by Crippen LogP contribution is -2.38. The topological polar surface area (TPSA) is 111 Å². The number of carbonyl (C=O) groups excluding carboxylic acids is 1. The van der Waals surface area contributed by atoms with Crippen molar-refractivity contribution in [3.05, 3.63) is 56.5 Å². The molecule has 2 aliphatic rings. The fourth-order valence-corrected chi connectivity index (χ4v) is 4.23. The molecule has 1 fully saturated rings. The summed E-state index contributed by atoms with van der Waals surface area (Å²) in [5.74, 6) is 1.86. The minimum absolute atomic E-state index is 0.0427. The number of rotatable bonds is 3. The van der Waals surface area contributed by atoms with Gasteiger partial charge in [-0.15, -0.1) is 0 Å². The number of ether oxygens (including phenoxy) is 2. The van der Waals surface area contributed by atoms with Crippen LogP contribution in [0.4, 0.5) is 0 Å². The van der Waals surface area contributed by atoms with E-state index >= 15 is 0 Å². The molecule has 1 N–H and O–H groups in total. The Morgan fingerprint density at radius 2 is 2.00 bits per heavy atom. The molecule has 1 aromatic carbocycles. The number of aryl methyl sites for hydroxylation is 1. The van der Waals surface area contributed by atoms with Gasteiger partial charge in [0.25, 0.3) is 5.56 Å². The van der Waals surface area contributed by atoms with Crippen molar-refractivity contribution in [2.45, 2.75) is 18.8 Å². The Morgan fingerprint density at radius 3 is 2.84 bits per heavy atom. The van der Waals surface area contributed by atoms with E-state index < -0.39 is 11.2 Å². The number of benzene rings is 1. The van der Waals surface area contributed by atoms with E-state index in [1.54, 1.807) is 24.1 Å². The third-order valence-electron chi connectivity index (χ3n) is 6.05. The number of amides is 1. The number of carbonyl (C=O) groups is 1. The van der Waals surface area contributed by atoms with E-state index in [0.717, 1.165) is 23.0 Å². The van der Waals surface area contributed by atoms with Crippen molar-refractivity contribution in [1.82, 2.24) is 24.0 Å². The lowest BCUT2D eigenvalue weighted by molar-refractivity contribution is -0.127. The molecule has 0 saturated carbocycles. The summed E-state index contributed by atoms with van der Waals surface area (Å²) in [5.41, 5.74) is 0.659. The molecule has 0 spiro atoms. The Morgan fingerprint density at radius 1 is 1.19 bits per heavy atom. The van der Waals surface area contributed by atoms with Crippen LogP contribution in [-0.4, -0.2) is 49.8 Å². The van der Waals surface area contributed by atoms with Gasteiger partial charge in [0.15, 0.2) is 17.1 Å². The van der Waals surface area contributed by atoms with Gasteiger partial charge in [0.1, 0.15) is 11.3 Å². The number of piperidine rings is 1. The molecule has 4 heterocycles. The van der Waals surface area contributed by atoms with Crippen LogP contribution in [0.2, 0.25) is 0 Å². The average Bonchev–Trinajstić information content (AvgIpc) is 3.47. The maximum Gasteiger partial charge on any atom is 0.332 e. The second kappa shape index (κ2) is 7.70. The highest BCUT2D eigenvalue weighted by Gasteiger charge is 2.27. The lowest BCUT2D eigenvalue weighted by atomic mass is 9.97. The first-order chi connectivity index (χ1) is 15.4. The standard InChI is InChI=1S/C22H23N5O5/c1-25-20-18(21(29)26(2)22(25)30)23-19(24-20)14-4-3-9-27(11-14)17(28)8-6-13-5-7-15-16(10-13)32-12-31-15/h5-8,10,14H,3-4,9,11-12H2,1-2H3,(H,23,24)/b8-6+. The summed E-state index contributed by atoms with van der Waals surface area (Å²) in [6.45, 7) is 1.35. The van der Waals surface area contributed by atoms with Crippen molar-refractivity contribution >= 4 is 23.1 Å². The highest BCUT2D eigenvalue weighted by molar-refractivity contribution is 5.92. The fourth-order valence-electron chi connectivity index (χ4n) is 4.23. The third-order valence-corrected chi connectivity index (χ3v) is 6.05. The maximum atomic E-state index is 12.8.